The normalized spacial score (nSPS) is 7.93. The Balaban J connectivity index is -0.000000181. The molecule has 30 heavy (non-hydrogen) atoms. The van der Waals surface area contributed by atoms with E-state index in [0.717, 1.165) is 12.2 Å². The number of hydrogen-bond donors (Lipinski definition) is 1. The van der Waals surface area contributed by atoms with E-state index >= 15 is 0 Å². The Bertz CT molecular complexity index is 531. The number of carbonyl (C=O) groups excluding carboxylic acids is 4. The lowest BCUT2D eigenvalue weighted by Crippen LogP contribution is -2.13. The summed E-state index contributed by atoms with van der Waals surface area (Å²) in [5, 5.41) is 8.10. The van der Waals surface area contributed by atoms with Gasteiger partial charge in [0.15, 0.2) is 0 Å². The van der Waals surface area contributed by atoms with Gasteiger partial charge in [0.05, 0.1) is 6.61 Å². The van der Waals surface area contributed by atoms with E-state index in [-0.39, 0.29) is 47.1 Å². The van der Waals surface area contributed by atoms with E-state index in [1.807, 2.05) is 0 Å². The van der Waals surface area contributed by atoms with Crippen molar-refractivity contribution >= 4 is 35.1 Å². The summed E-state index contributed by atoms with van der Waals surface area (Å²) < 4.78 is 22.1. The topological polar surface area (TPSA) is 135 Å². The van der Waals surface area contributed by atoms with Crippen LogP contribution in [-0.2, 0) is 33.3 Å². The van der Waals surface area contributed by atoms with Crippen LogP contribution in [0.3, 0.4) is 0 Å². The van der Waals surface area contributed by atoms with Crippen LogP contribution in [0.25, 0.3) is 0 Å². The van der Waals surface area contributed by atoms with Crippen molar-refractivity contribution in [2.45, 2.75) is 7.43 Å². The molecule has 11 heteroatoms. The maximum absolute atomic E-state index is 10.7. The Hall–Kier alpha value is -3.11. The molecule has 0 aromatic rings. The first-order valence-electron chi connectivity index (χ1n) is 7.81. The van der Waals surface area contributed by atoms with E-state index in [0.29, 0.717) is 0 Å². The van der Waals surface area contributed by atoms with Crippen LogP contribution in [0.2, 0.25) is 0 Å². The molecule has 0 amide bonds. The van der Waals surface area contributed by atoms with Gasteiger partial charge in [-0.25, -0.2) is 19.2 Å². The Morgan fingerprint density at radius 1 is 0.733 bits per heavy atom. The maximum atomic E-state index is 10.7. The van der Waals surface area contributed by atoms with Gasteiger partial charge in [0.25, 0.3) is 0 Å². The molecule has 1 N–H and O–H groups in total. The molecule has 0 saturated heterocycles. The predicted molar refractivity (Wildman–Crippen MR) is 111 cm³/mol. The third-order valence-electron chi connectivity index (χ3n) is 1.85. The summed E-state index contributed by atoms with van der Waals surface area (Å²) >= 11 is 4.75. The van der Waals surface area contributed by atoms with Crippen LogP contribution < -0.4 is 0 Å². The van der Waals surface area contributed by atoms with Crippen molar-refractivity contribution in [3.8, 4) is 0 Å². The van der Waals surface area contributed by atoms with E-state index < -0.39 is 23.5 Å². The molecule has 0 heterocycles. The van der Waals surface area contributed by atoms with E-state index in [1.54, 1.807) is 0 Å². The lowest BCUT2D eigenvalue weighted by atomic mass is 10.6. The zero-order valence-electron chi connectivity index (χ0n) is 15.9. The van der Waals surface area contributed by atoms with Gasteiger partial charge in [0.1, 0.15) is 33.0 Å². The Kier molecular flexibility index (Phi) is 32.2. The molecule has 0 rings (SSSR count). The quantitative estimate of drug-likeness (QED) is 0.124. The summed E-state index contributed by atoms with van der Waals surface area (Å²) in [6, 6.07) is 0. The number of esters is 2. The van der Waals surface area contributed by atoms with Crippen LogP contribution in [-0.4, -0.2) is 68.3 Å². The summed E-state index contributed by atoms with van der Waals surface area (Å²) in [6.07, 6.45) is 4.12. The fourth-order valence-electron chi connectivity index (χ4n) is 0.824. The summed E-state index contributed by atoms with van der Waals surface area (Å²) in [5.41, 5.74) is -0.792. The molecule has 0 aliphatic rings. The number of rotatable bonds is 11. The summed E-state index contributed by atoms with van der Waals surface area (Å²) in [5.74, 6) is -1.06. The molecular formula is C19H29ClO10. The molecule has 0 aliphatic carbocycles. The lowest BCUT2D eigenvalue weighted by Gasteiger charge is -2.04. The number of aliphatic hydroxyl groups is 1. The first-order chi connectivity index (χ1) is 13.8. The molecule has 0 spiro atoms. The van der Waals surface area contributed by atoms with E-state index in [1.165, 1.54) is 12.2 Å². The number of hydrogen-bond acceptors (Lipinski definition) is 10. The molecule has 10 nitrogen and oxygen atoms in total. The second-order valence-corrected chi connectivity index (χ2v) is 4.31. The summed E-state index contributed by atoms with van der Waals surface area (Å²) in [4.78, 5) is 41.0. The SMILES string of the molecule is C.C=CC(=O)OCCO.C=CCOC(=O)Cl.C=CCOC(=O)OCCOC(=O)C=C. The van der Waals surface area contributed by atoms with Crippen molar-refractivity contribution < 1.29 is 48.0 Å². The monoisotopic (exact) mass is 452 g/mol. The molecule has 0 aliphatic heterocycles. The van der Waals surface area contributed by atoms with Crippen molar-refractivity contribution in [1.29, 1.82) is 0 Å². The standard InChI is InChI=1S/C9H12O5.C5H8O3.C4H5ClO2.CH4/c1-3-5-13-9(11)14-7-6-12-8(10)4-2;1-2-5(7)8-4-3-6;1-2-3-7-4(5)6;/h3-4H,1-2,5-7H2;2,6H,1,3-4H2;2H,1,3H2;1H4. The van der Waals surface area contributed by atoms with Crippen LogP contribution in [0.4, 0.5) is 9.59 Å². The fraction of sp³-hybridized carbons (Fsp3) is 0.368. The van der Waals surface area contributed by atoms with Crippen LogP contribution in [0.5, 0.6) is 0 Å². The van der Waals surface area contributed by atoms with Gasteiger partial charge < -0.3 is 28.8 Å². The molecule has 172 valence electrons. The second-order valence-electron chi connectivity index (χ2n) is 4.00. The minimum atomic E-state index is -0.820. The van der Waals surface area contributed by atoms with Gasteiger partial charge >= 0.3 is 23.5 Å². The van der Waals surface area contributed by atoms with E-state index in [9.17, 15) is 19.2 Å². The molecule has 0 aromatic heterocycles. The van der Waals surface area contributed by atoms with Crippen LogP contribution in [0, 0.1) is 0 Å². The van der Waals surface area contributed by atoms with Crippen molar-refractivity contribution in [2.75, 3.05) is 39.6 Å². The molecule has 0 fully saturated rings. The summed E-state index contributed by atoms with van der Waals surface area (Å²) in [6.45, 7) is 13.1. The highest BCUT2D eigenvalue weighted by Gasteiger charge is 2.02. The zero-order chi connectivity index (χ0) is 22.9. The molecule has 0 bridgehead atoms. The van der Waals surface area contributed by atoms with Gasteiger partial charge in [-0.2, -0.15) is 0 Å². The number of halogens is 1. The third-order valence-corrected chi connectivity index (χ3v) is 1.96. The minimum Gasteiger partial charge on any atom is -0.460 e. The average Bonchev–Trinajstić information content (AvgIpc) is 2.72. The molecule has 0 aromatic carbocycles. The maximum Gasteiger partial charge on any atom is 0.508 e. The molecular weight excluding hydrogens is 424 g/mol. The summed E-state index contributed by atoms with van der Waals surface area (Å²) in [7, 11) is 0. The fourth-order valence-corrected chi connectivity index (χ4v) is 0.887. The smallest absolute Gasteiger partial charge is 0.460 e. The Morgan fingerprint density at radius 3 is 1.53 bits per heavy atom. The molecule has 0 radical (unpaired) electrons. The average molecular weight is 453 g/mol. The van der Waals surface area contributed by atoms with Gasteiger partial charge in [0.2, 0.25) is 0 Å². The first-order valence-corrected chi connectivity index (χ1v) is 8.19. The minimum absolute atomic E-state index is 0. The van der Waals surface area contributed by atoms with Crippen LogP contribution >= 0.6 is 11.6 Å². The van der Waals surface area contributed by atoms with Crippen molar-refractivity contribution in [3.63, 3.8) is 0 Å². The molecule has 0 unspecified atom stereocenters. The highest BCUT2D eigenvalue weighted by atomic mass is 35.5. The molecule has 0 atom stereocenters. The largest absolute Gasteiger partial charge is 0.508 e. The number of ether oxygens (including phenoxy) is 5. The Labute approximate surface area is 181 Å². The third kappa shape index (κ3) is 35.9. The second kappa shape index (κ2) is 28.1. The van der Waals surface area contributed by atoms with Crippen molar-refractivity contribution in [1.82, 2.24) is 0 Å². The van der Waals surface area contributed by atoms with Crippen molar-refractivity contribution in [2.24, 2.45) is 0 Å². The highest BCUT2D eigenvalue weighted by Crippen LogP contribution is 1.87. The van der Waals surface area contributed by atoms with Gasteiger partial charge in [-0.05, 0) is 0 Å². The van der Waals surface area contributed by atoms with Crippen LogP contribution in [0.15, 0.2) is 50.6 Å². The molecule has 0 saturated carbocycles. The number of aliphatic hydroxyl groups excluding tert-OH is 1. The van der Waals surface area contributed by atoms with Crippen LogP contribution in [0.1, 0.15) is 7.43 Å². The zero-order valence-corrected chi connectivity index (χ0v) is 16.6. The van der Waals surface area contributed by atoms with Gasteiger partial charge in [-0.3, -0.25) is 0 Å². The van der Waals surface area contributed by atoms with Gasteiger partial charge in [-0.1, -0.05) is 45.9 Å². The Morgan fingerprint density at radius 2 is 1.17 bits per heavy atom. The highest BCUT2D eigenvalue weighted by molar-refractivity contribution is 6.61. The van der Waals surface area contributed by atoms with Gasteiger partial charge in [0, 0.05) is 23.8 Å². The van der Waals surface area contributed by atoms with E-state index in [4.69, 9.17) is 16.7 Å². The lowest BCUT2D eigenvalue weighted by molar-refractivity contribution is -0.139. The van der Waals surface area contributed by atoms with Gasteiger partial charge in [-0.15, -0.1) is 0 Å². The van der Waals surface area contributed by atoms with E-state index in [2.05, 4.69) is 50.0 Å². The first kappa shape index (κ1) is 34.4. The number of carbonyl (C=O) groups is 4. The predicted octanol–water partition coefficient (Wildman–Crippen LogP) is 2.95. The van der Waals surface area contributed by atoms with Crippen molar-refractivity contribution in [3.05, 3.63) is 50.6 Å².